The first-order valence-corrected chi connectivity index (χ1v) is 10.8. The van der Waals surface area contributed by atoms with Gasteiger partial charge >= 0.3 is 0 Å². The van der Waals surface area contributed by atoms with Gasteiger partial charge in [0.25, 0.3) is 0 Å². The second-order valence-corrected chi connectivity index (χ2v) is 9.20. The van der Waals surface area contributed by atoms with Crippen LogP contribution in [-0.4, -0.2) is 44.7 Å². The quantitative estimate of drug-likeness (QED) is 0.630. The van der Waals surface area contributed by atoms with Gasteiger partial charge in [0, 0.05) is 31.4 Å². The summed E-state index contributed by atoms with van der Waals surface area (Å²) >= 11 is 0. The van der Waals surface area contributed by atoms with Gasteiger partial charge < -0.3 is 9.64 Å². The first-order chi connectivity index (χ1) is 14.7. The molecule has 1 heterocycles. The topological polar surface area (TPSA) is 15.7 Å². The summed E-state index contributed by atoms with van der Waals surface area (Å²) in [5.74, 6) is 0.933. The molecule has 0 amide bonds. The third-order valence-electron chi connectivity index (χ3n) is 5.81. The van der Waals surface area contributed by atoms with Crippen LogP contribution >= 0.6 is 0 Å². The molecule has 1 aliphatic carbocycles. The second-order valence-electron chi connectivity index (χ2n) is 9.20. The van der Waals surface area contributed by atoms with E-state index in [2.05, 4.69) is 125 Å². The molecule has 1 aliphatic heterocycles. The molecule has 0 N–H and O–H groups in total. The van der Waals surface area contributed by atoms with Gasteiger partial charge in [0.2, 0.25) is 0 Å². The Balaban J connectivity index is 1.92. The summed E-state index contributed by atoms with van der Waals surface area (Å²) < 4.78 is 6.27. The van der Waals surface area contributed by atoms with Crippen LogP contribution in [0.2, 0.25) is 0 Å². The molecule has 0 unspecified atom stereocenters. The molecule has 3 heteroatoms. The van der Waals surface area contributed by atoms with E-state index in [4.69, 9.17) is 4.74 Å². The van der Waals surface area contributed by atoms with Crippen LogP contribution in [0, 0.1) is 0 Å². The molecule has 3 nitrogen and oxygen atoms in total. The molecule has 0 saturated carbocycles. The third-order valence-corrected chi connectivity index (χ3v) is 5.81. The zero-order chi connectivity index (χ0) is 22.2. The fourth-order valence-corrected chi connectivity index (χ4v) is 4.16. The highest BCUT2D eigenvalue weighted by Crippen LogP contribution is 2.44. The van der Waals surface area contributed by atoms with Crippen LogP contribution in [0.4, 0.5) is 5.69 Å². The van der Waals surface area contributed by atoms with Gasteiger partial charge in [-0.2, -0.15) is 0 Å². The molecule has 0 radical (unpaired) electrons. The minimum Gasteiger partial charge on any atom is -0.483 e. The molecular weight excluding hydrogens is 380 g/mol. The lowest BCUT2D eigenvalue weighted by Gasteiger charge is -2.33. The Kier molecular flexibility index (Phi) is 5.63. The monoisotopic (exact) mass is 412 g/mol. The van der Waals surface area contributed by atoms with Crippen molar-refractivity contribution in [1.29, 1.82) is 0 Å². The van der Waals surface area contributed by atoms with E-state index in [9.17, 15) is 0 Å². The van der Waals surface area contributed by atoms with Crippen molar-refractivity contribution in [3.8, 4) is 5.75 Å². The number of para-hydroxylation sites is 1. The highest BCUT2D eigenvalue weighted by atomic mass is 16.5. The summed E-state index contributed by atoms with van der Waals surface area (Å²) in [6, 6.07) is 17.5. The van der Waals surface area contributed by atoms with Gasteiger partial charge in [-0.25, -0.2) is 0 Å². The summed E-state index contributed by atoms with van der Waals surface area (Å²) in [4.78, 5) is 4.34. The zero-order valence-corrected chi connectivity index (χ0v) is 19.4. The molecule has 0 saturated heterocycles. The number of likely N-dealkylation sites (N-methyl/N-ethyl adjacent to an activating group) is 1. The van der Waals surface area contributed by atoms with E-state index in [-0.39, 0.29) is 5.60 Å². The van der Waals surface area contributed by atoms with Crippen LogP contribution in [-0.2, 0) is 0 Å². The molecule has 4 rings (SSSR count). The number of benzene rings is 2. The first-order valence-electron chi connectivity index (χ1n) is 10.8. The number of allylic oxidation sites excluding steroid dienone is 5. The molecule has 0 fully saturated rings. The number of ether oxygens (including phenoxy) is 1. The summed E-state index contributed by atoms with van der Waals surface area (Å²) in [5.41, 5.74) is 6.82. The Morgan fingerprint density at radius 2 is 1.52 bits per heavy atom. The lowest BCUT2D eigenvalue weighted by molar-refractivity contribution is 0.158. The zero-order valence-electron chi connectivity index (χ0n) is 19.4. The van der Waals surface area contributed by atoms with Crippen molar-refractivity contribution in [2.75, 3.05) is 33.1 Å². The van der Waals surface area contributed by atoms with E-state index in [1.807, 2.05) is 6.07 Å². The maximum absolute atomic E-state index is 6.27. The Morgan fingerprint density at radius 3 is 2.13 bits per heavy atom. The summed E-state index contributed by atoms with van der Waals surface area (Å²) in [5, 5.41) is 0. The molecule has 2 aromatic rings. The standard InChI is InChI=1S/C28H32N2O/c1-28(2)19-25(24-9-7-8-10-26(24)31-28)27(20-11-15-22(16-12-20)29(3)4)21-13-17-23(18-14-21)30(5)6/h7-19,22H,1-6H3. The van der Waals surface area contributed by atoms with Gasteiger partial charge in [-0.1, -0.05) is 54.6 Å². The molecule has 160 valence electrons. The smallest absolute Gasteiger partial charge is 0.128 e. The lowest BCUT2D eigenvalue weighted by atomic mass is 9.83. The molecule has 2 aromatic carbocycles. The van der Waals surface area contributed by atoms with E-state index < -0.39 is 0 Å². The first kappa shape index (κ1) is 21.2. The van der Waals surface area contributed by atoms with Crippen molar-refractivity contribution >= 4 is 16.8 Å². The predicted octanol–water partition coefficient (Wildman–Crippen LogP) is 5.82. The fourth-order valence-electron chi connectivity index (χ4n) is 4.16. The van der Waals surface area contributed by atoms with Crippen molar-refractivity contribution in [3.05, 3.63) is 95.6 Å². The SMILES string of the molecule is CN(C)c1ccc(C(C2=CC(C)(C)Oc3ccccc32)=C2C=CC(N(C)C)C=C2)cc1. The summed E-state index contributed by atoms with van der Waals surface area (Å²) in [6.45, 7) is 4.24. The largest absolute Gasteiger partial charge is 0.483 e. The molecule has 0 aromatic heterocycles. The Bertz CT molecular complexity index is 1070. The molecular formula is C28H32N2O. The minimum absolute atomic E-state index is 0.313. The maximum atomic E-state index is 6.27. The fraction of sp³-hybridized carbons (Fsp3) is 0.286. The highest BCUT2D eigenvalue weighted by molar-refractivity contribution is 6.09. The molecule has 31 heavy (non-hydrogen) atoms. The van der Waals surface area contributed by atoms with Gasteiger partial charge in [-0.05, 0) is 74.5 Å². The third kappa shape index (κ3) is 4.38. The van der Waals surface area contributed by atoms with Gasteiger partial charge in [0.05, 0.1) is 0 Å². The number of anilines is 1. The van der Waals surface area contributed by atoms with Crippen LogP contribution in [0.3, 0.4) is 0 Å². The Morgan fingerprint density at radius 1 is 0.871 bits per heavy atom. The molecule has 0 bridgehead atoms. The maximum Gasteiger partial charge on any atom is 0.128 e. The van der Waals surface area contributed by atoms with Crippen molar-refractivity contribution in [2.45, 2.75) is 25.5 Å². The summed E-state index contributed by atoms with van der Waals surface area (Å²) in [7, 11) is 8.35. The van der Waals surface area contributed by atoms with Gasteiger partial charge in [0.1, 0.15) is 11.4 Å². The van der Waals surface area contributed by atoms with E-state index in [1.165, 1.54) is 28.0 Å². The van der Waals surface area contributed by atoms with Crippen LogP contribution in [0.5, 0.6) is 5.75 Å². The van der Waals surface area contributed by atoms with Gasteiger partial charge in [-0.15, -0.1) is 0 Å². The number of hydrogen-bond acceptors (Lipinski definition) is 3. The van der Waals surface area contributed by atoms with Crippen LogP contribution in [0.1, 0.15) is 25.0 Å². The van der Waals surface area contributed by atoms with E-state index in [0.29, 0.717) is 6.04 Å². The molecule has 0 spiro atoms. The predicted molar refractivity (Wildman–Crippen MR) is 133 cm³/mol. The molecule has 2 aliphatic rings. The minimum atomic E-state index is -0.382. The van der Waals surface area contributed by atoms with E-state index in [0.717, 1.165) is 11.3 Å². The number of rotatable bonds is 4. The van der Waals surface area contributed by atoms with Crippen LogP contribution in [0.15, 0.2) is 84.5 Å². The molecule has 0 atom stereocenters. The average Bonchev–Trinajstić information content (AvgIpc) is 2.74. The number of nitrogens with zero attached hydrogens (tertiary/aromatic N) is 2. The van der Waals surface area contributed by atoms with E-state index >= 15 is 0 Å². The summed E-state index contributed by atoms with van der Waals surface area (Å²) in [6.07, 6.45) is 11.3. The Hall–Kier alpha value is -3.04. The lowest BCUT2D eigenvalue weighted by Crippen LogP contribution is -2.29. The normalized spacial score (nSPS) is 19.0. The van der Waals surface area contributed by atoms with Crippen molar-refractivity contribution in [2.24, 2.45) is 0 Å². The number of hydrogen-bond donors (Lipinski definition) is 0. The van der Waals surface area contributed by atoms with Crippen molar-refractivity contribution in [1.82, 2.24) is 4.90 Å². The Labute approximate surface area is 186 Å². The van der Waals surface area contributed by atoms with Crippen molar-refractivity contribution in [3.63, 3.8) is 0 Å². The second kappa shape index (κ2) is 8.24. The van der Waals surface area contributed by atoms with Crippen molar-refractivity contribution < 1.29 is 4.74 Å². The number of fused-ring (bicyclic) bond motifs is 1. The average molecular weight is 413 g/mol. The van der Waals surface area contributed by atoms with E-state index in [1.54, 1.807) is 0 Å². The van der Waals surface area contributed by atoms with Crippen LogP contribution in [0.25, 0.3) is 11.1 Å². The highest BCUT2D eigenvalue weighted by Gasteiger charge is 2.29. The van der Waals surface area contributed by atoms with Gasteiger partial charge in [0.15, 0.2) is 0 Å². The van der Waals surface area contributed by atoms with Crippen LogP contribution < -0.4 is 9.64 Å². The van der Waals surface area contributed by atoms with Gasteiger partial charge in [-0.3, -0.25) is 4.90 Å².